The monoisotopic (exact) mass is 327 g/mol. The number of rotatable bonds is 3. The lowest BCUT2D eigenvalue weighted by atomic mass is 10.2. The van der Waals surface area contributed by atoms with Gasteiger partial charge >= 0.3 is 0 Å². The van der Waals surface area contributed by atoms with Crippen LogP contribution >= 0.6 is 0 Å². The van der Waals surface area contributed by atoms with E-state index < -0.39 is 0 Å². The van der Waals surface area contributed by atoms with Crippen LogP contribution in [-0.4, -0.2) is 34.3 Å². The van der Waals surface area contributed by atoms with Crippen molar-refractivity contribution in [1.82, 2.24) is 15.0 Å². The molecule has 1 unspecified atom stereocenters. The molecular weight excluding hydrogens is 310 g/mol. The maximum Gasteiger partial charge on any atom is 0.249 e. The number of hydrogen-bond acceptors (Lipinski definition) is 6. The molecular formula is C17H17N3O4. The van der Waals surface area contributed by atoms with E-state index in [9.17, 15) is 4.79 Å². The van der Waals surface area contributed by atoms with Crippen molar-refractivity contribution in [2.24, 2.45) is 0 Å². The molecule has 0 N–H and O–H groups in total. The van der Waals surface area contributed by atoms with Gasteiger partial charge in [-0.3, -0.25) is 4.79 Å². The molecule has 124 valence electrons. The summed E-state index contributed by atoms with van der Waals surface area (Å²) in [6.07, 6.45) is 5.11. The first-order valence-electron chi connectivity index (χ1n) is 7.89. The molecule has 1 fully saturated rings. The van der Waals surface area contributed by atoms with Crippen LogP contribution in [0.4, 0.5) is 0 Å². The average molecular weight is 327 g/mol. The third-order valence-electron chi connectivity index (χ3n) is 4.18. The second-order valence-corrected chi connectivity index (χ2v) is 5.82. The lowest BCUT2D eigenvalue weighted by Gasteiger charge is -2.20. The Balaban J connectivity index is 1.49. The summed E-state index contributed by atoms with van der Waals surface area (Å²) in [4.78, 5) is 18.6. The van der Waals surface area contributed by atoms with E-state index in [-0.39, 0.29) is 18.7 Å². The fourth-order valence-corrected chi connectivity index (χ4v) is 3.02. The van der Waals surface area contributed by atoms with Gasteiger partial charge in [-0.15, -0.1) is 0 Å². The fourth-order valence-electron chi connectivity index (χ4n) is 3.02. The van der Waals surface area contributed by atoms with Crippen molar-refractivity contribution >= 4 is 12.0 Å². The van der Waals surface area contributed by atoms with Gasteiger partial charge in [-0.05, 0) is 43.5 Å². The minimum absolute atomic E-state index is 0.0639. The summed E-state index contributed by atoms with van der Waals surface area (Å²) in [7, 11) is 0. The number of aryl methyl sites for hydroxylation is 1. The van der Waals surface area contributed by atoms with Crippen molar-refractivity contribution in [3.05, 3.63) is 41.6 Å². The number of aromatic nitrogens is 2. The molecule has 7 nitrogen and oxygen atoms in total. The van der Waals surface area contributed by atoms with Crippen molar-refractivity contribution in [2.45, 2.75) is 25.8 Å². The first-order chi connectivity index (χ1) is 11.7. The van der Waals surface area contributed by atoms with Gasteiger partial charge in [0.05, 0.1) is 0 Å². The third kappa shape index (κ3) is 2.73. The number of benzene rings is 1. The normalized spacial score (nSPS) is 19.4. The zero-order chi connectivity index (χ0) is 16.5. The van der Waals surface area contributed by atoms with E-state index in [1.165, 1.54) is 0 Å². The number of hydrogen-bond donors (Lipinski definition) is 0. The quantitative estimate of drug-likeness (QED) is 0.806. The van der Waals surface area contributed by atoms with Crippen molar-refractivity contribution in [1.29, 1.82) is 0 Å². The lowest BCUT2D eigenvalue weighted by Crippen LogP contribution is -2.29. The molecule has 1 atom stereocenters. The Kier molecular flexibility index (Phi) is 3.68. The topological polar surface area (TPSA) is 77.7 Å². The van der Waals surface area contributed by atoms with Crippen molar-refractivity contribution in [3.8, 4) is 11.5 Å². The van der Waals surface area contributed by atoms with Crippen LogP contribution in [0, 0.1) is 6.92 Å². The summed E-state index contributed by atoms with van der Waals surface area (Å²) >= 11 is 0. The van der Waals surface area contributed by atoms with E-state index >= 15 is 0 Å². The van der Waals surface area contributed by atoms with E-state index in [1.54, 1.807) is 24.0 Å². The number of ether oxygens (including phenoxy) is 2. The largest absolute Gasteiger partial charge is 0.454 e. The van der Waals surface area contributed by atoms with Gasteiger partial charge in [0.2, 0.25) is 18.6 Å². The Hall–Kier alpha value is -2.83. The van der Waals surface area contributed by atoms with E-state index in [1.807, 2.05) is 18.2 Å². The molecule has 24 heavy (non-hydrogen) atoms. The van der Waals surface area contributed by atoms with Crippen LogP contribution in [-0.2, 0) is 4.79 Å². The van der Waals surface area contributed by atoms with Crippen LogP contribution in [0.1, 0.15) is 36.2 Å². The van der Waals surface area contributed by atoms with E-state index in [0.717, 1.165) is 24.2 Å². The van der Waals surface area contributed by atoms with Gasteiger partial charge in [-0.2, -0.15) is 4.98 Å². The Morgan fingerprint density at radius 1 is 1.33 bits per heavy atom. The minimum Gasteiger partial charge on any atom is -0.454 e. The first kappa shape index (κ1) is 14.7. The van der Waals surface area contributed by atoms with Crippen LogP contribution in [0.3, 0.4) is 0 Å². The zero-order valence-electron chi connectivity index (χ0n) is 13.3. The lowest BCUT2D eigenvalue weighted by molar-refractivity contribution is -0.127. The van der Waals surface area contributed by atoms with Crippen molar-refractivity contribution in [2.75, 3.05) is 13.3 Å². The predicted octanol–water partition coefficient (Wildman–Crippen LogP) is 2.48. The van der Waals surface area contributed by atoms with E-state index in [0.29, 0.717) is 24.0 Å². The van der Waals surface area contributed by atoms with Gasteiger partial charge in [0.15, 0.2) is 17.3 Å². The number of nitrogens with zero attached hydrogens (tertiary/aromatic N) is 3. The Bertz CT molecular complexity index is 799. The maximum absolute atomic E-state index is 12.5. The van der Waals surface area contributed by atoms with Gasteiger partial charge in [-0.1, -0.05) is 11.2 Å². The molecule has 4 rings (SSSR count). The Morgan fingerprint density at radius 2 is 2.21 bits per heavy atom. The van der Waals surface area contributed by atoms with Gasteiger partial charge in [0.25, 0.3) is 0 Å². The summed E-state index contributed by atoms with van der Waals surface area (Å²) in [5.41, 5.74) is 0.886. The highest BCUT2D eigenvalue weighted by atomic mass is 16.7. The average Bonchev–Trinajstić information content (AvgIpc) is 3.31. The van der Waals surface area contributed by atoms with Gasteiger partial charge in [0, 0.05) is 12.6 Å². The van der Waals surface area contributed by atoms with Crippen LogP contribution in [0.5, 0.6) is 11.5 Å². The first-order valence-corrected chi connectivity index (χ1v) is 7.89. The van der Waals surface area contributed by atoms with Crippen molar-refractivity contribution < 1.29 is 18.8 Å². The summed E-state index contributed by atoms with van der Waals surface area (Å²) in [5.74, 6) is 2.45. The number of amides is 1. The summed E-state index contributed by atoms with van der Waals surface area (Å²) in [6.45, 7) is 2.70. The molecule has 2 aromatic rings. The Labute approximate surface area is 138 Å². The molecule has 2 aliphatic rings. The molecule has 1 saturated heterocycles. The standard InChI is InChI=1S/C17H17N3O4/c1-11-18-17(24-19-11)13-3-2-8-20(13)16(21)7-5-12-4-6-14-15(9-12)23-10-22-14/h4-7,9,13H,2-3,8,10H2,1H3/b7-5+. The number of likely N-dealkylation sites (tertiary alicyclic amines) is 1. The molecule has 0 aliphatic carbocycles. The zero-order valence-corrected chi connectivity index (χ0v) is 13.3. The number of carbonyl (C=O) groups excluding carboxylic acids is 1. The van der Waals surface area contributed by atoms with Crippen molar-refractivity contribution in [3.63, 3.8) is 0 Å². The maximum atomic E-state index is 12.5. The highest BCUT2D eigenvalue weighted by molar-refractivity contribution is 5.92. The van der Waals surface area contributed by atoms with E-state index in [2.05, 4.69) is 10.1 Å². The van der Waals surface area contributed by atoms with Crippen LogP contribution in [0.2, 0.25) is 0 Å². The number of carbonyl (C=O) groups is 1. The molecule has 0 radical (unpaired) electrons. The summed E-state index contributed by atoms with van der Waals surface area (Å²) in [5, 5.41) is 3.81. The fraction of sp³-hybridized carbons (Fsp3) is 0.353. The van der Waals surface area contributed by atoms with Gasteiger partial charge in [-0.25, -0.2) is 0 Å². The van der Waals surface area contributed by atoms with Gasteiger partial charge < -0.3 is 18.9 Å². The smallest absolute Gasteiger partial charge is 0.249 e. The highest BCUT2D eigenvalue weighted by Crippen LogP contribution is 2.33. The molecule has 1 aromatic carbocycles. The highest BCUT2D eigenvalue weighted by Gasteiger charge is 2.32. The van der Waals surface area contributed by atoms with Crippen LogP contribution in [0.25, 0.3) is 6.08 Å². The second kappa shape index (κ2) is 5.99. The Morgan fingerprint density at radius 3 is 3.04 bits per heavy atom. The molecule has 0 spiro atoms. The van der Waals surface area contributed by atoms with E-state index in [4.69, 9.17) is 14.0 Å². The molecule has 3 heterocycles. The second-order valence-electron chi connectivity index (χ2n) is 5.82. The molecule has 0 bridgehead atoms. The van der Waals surface area contributed by atoms with Crippen LogP contribution < -0.4 is 9.47 Å². The summed E-state index contributed by atoms with van der Waals surface area (Å²) in [6, 6.07) is 5.45. The molecule has 1 amide bonds. The predicted molar refractivity (Wildman–Crippen MR) is 84.3 cm³/mol. The molecule has 0 saturated carbocycles. The molecule has 2 aliphatic heterocycles. The minimum atomic E-state index is -0.139. The molecule has 1 aromatic heterocycles. The SMILES string of the molecule is Cc1noc(C2CCCN2C(=O)/C=C/c2ccc3c(c2)OCO3)n1. The summed E-state index contributed by atoms with van der Waals surface area (Å²) < 4.78 is 15.9. The van der Waals surface area contributed by atoms with Gasteiger partial charge in [0.1, 0.15) is 6.04 Å². The third-order valence-corrected chi connectivity index (χ3v) is 4.18. The molecule has 7 heteroatoms. The van der Waals surface area contributed by atoms with Crippen LogP contribution in [0.15, 0.2) is 28.8 Å². The number of fused-ring (bicyclic) bond motifs is 1.